The van der Waals surface area contributed by atoms with E-state index in [0.29, 0.717) is 11.2 Å². The van der Waals surface area contributed by atoms with Crippen molar-refractivity contribution in [1.82, 2.24) is 29.9 Å². The van der Waals surface area contributed by atoms with Crippen LogP contribution in [-0.4, -0.2) is 29.9 Å². The van der Waals surface area contributed by atoms with Gasteiger partial charge in [-0.15, -0.1) is 34.0 Å². The Morgan fingerprint density at radius 2 is 0.394 bits per heavy atom. The summed E-state index contributed by atoms with van der Waals surface area (Å²) in [6, 6.07) is 148. The molecule has 0 radical (unpaired) electrons. The largest absolute Gasteiger partial charge is 0.452 e. The summed E-state index contributed by atoms with van der Waals surface area (Å²) in [5, 5.41) is 10.8. The highest BCUT2D eigenvalue weighted by Crippen LogP contribution is 2.49. The molecule has 0 fully saturated rings. The maximum Gasteiger partial charge on any atom is 0.180 e. The topological polar surface area (TPSA) is 117 Å². The minimum atomic E-state index is 0.711. The van der Waals surface area contributed by atoms with Crippen molar-refractivity contribution >= 4 is 161 Å². The lowest BCUT2D eigenvalue weighted by atomic mass is 9.96. The van der Waals surface area contributed by atoms with Crippen LogP contribution in [0.2, 0.25) is 0 Å². The third kappa shape index (κ3) is 13.8. The molecular weight excluding hydrogens is 1670 g/mol. The number of furan rings is 3. The van der Waals surface area contributed by atoms with Crippen LogP contribution < -0.4 is 0 Å². The molecule has 0 aliphatic heterocycles. The van der Waals surface area contributed by atoms with Crippen molar-refractivity contribution in [1.29, 1.82) is 0 Å². The minimum absolute atomic E-state index is 0.711. The fraction of sp³-hybridized carbons (Fsp3) is 0. The zero-order chi connectivity index (χ0) is 87.1. The average molecular weight is 1740 g/mol. The second-order valence-corrected chi connectivity index (χ2v) is 36.1. The van der Waals surface area contributed by atoms with Gasteiger partial charge >= 0.3 is 0 Å². The number of para-hydroxylation sites is 3. The van der Waals surface area contributed by atoms with E-state index in [4.69, 9.17) is 13.3 Å². The van der Waals surface area contributed by atoms with Gasteiger partial charge in [-0.3, -0.25) is 0 Å². The Bertz CT molecular complexity index is 9050. The molecule has 9 aromatic heterocycles. The van der Waals surface area contributed by atoms with E-state index in [-0.39, 0.29) is 0 Å². The molecule has 9 nitrogen and oxygen atoms in total. The van der Waals surface area contributed by atoms with Gasteiger partial charge in [0.15, 0.2) is 16.7 Å². The molecule has 27 rings (SSSR count). The normalized spacial score (nSPS) is 11.6. The first kappa shape index (κ1) is 77.6. The first-order valence-electron chi connectivity index (χ1n) is 43.9. The summed E-state index contributed by atoms with van der Waals surface area (Å²) >= 11 is 5.63. The number of hydrogen-bond donors (Lipinski definition) is 0. The summed E-state index contributed by atoms with van der Waals surface area (Å²) in [6.07, 6.45) is 4.88. The summed E-state index contributed by atoms with van der Waals surface area (Å²) in [5.41, 5.74) is 34.2. The van der Waals surface area contributed by atoms with E-state index in [2.05, 4.69) is 376 Å². The fourth-order valence-corrected chi connectivity index (χ4v) is 22.9. The summed E-state index contributed by atoms with van der Waals surface area (Å²) < 4.78 is 26.6. The molecule has 0 unspecified atom stereocenters. The van der Waals surface area contributed by atoms with E-state index in [1.807, 2.05) is 107 Å². The lowest BCUT2D eigenvalue weighted by molar-refractivity contribution is 0.667. The lowest BCUT2D eigenvalue weighted by Gasteiger charge is -2.09. The van der Waals surface area contributed by atoms with E-state index in [9.17, 15) is 0 Å². The molecule has 0 atom stereocenters. The van der Waals surface area contributed by atoms with Crippen LogP contribution in [0.4, 0.5) is 0 Å². The average Bonchev–Trinajstić information content (AvgIpc) is 1.65. The quantitative estimate of drug-likeness (QED) is 0.118. The Balaban J connectivity index is 0.000000107. The van der Waals surface area contributed by atoms with Gasteiger partial charge < -0.3 is 13.3 Å². The maximum atomic E-state index is 6.26. The highest BCUT2D eigenvalue weighted by atomic mass is 32.1. The van der Waals surface area contributed by atoms with Crippen molar-refractivity contribution in [3.05, 3.63) is 438 Å². The molecule has 0 bridgehead atoms. The van der Waals surface area contributed by atoms with E-state index in [1.165, 1.54) is 127 Å². The molecule has 0 aliphatic rings. The first-order valence-corrected chi connectivity index (χ1v) is 46.4. The highest BCUT2D eigenvalue weighted by molar-refractivity contribution is 7.27. The Hall–Kier alpha value is -16.7. The van der Waals surface area contributed by atoms with Crippen LogP contribution in [0.3, 0.4) is 0 Å². The molecular formula is C120H72N6O3S3. The molecule has 18 aromatic carbocycles. The van der Waals surface area contributed by atoms with Crippen LogP contribution in [0, 0.1) is 0 Å². The van der Waals surface area contributed by atoms with Crippen molar-refractivity contribution in [2.24, 2.45) is 0 Å². The first-order chi connectivity index (χ1) is 65.4. The van der Waals surface area contributed by atoms with Crippen molar-refractivity contribution in [2.45, 2.75) is 0 Å². The zero-order valence-electron chi connectivity index (χ0n) is 70.7. The van der Waals surface area contributed by atoms with Gasteiger partial charge in [0, 0.05) is 93.4 Å². The van der Waals surface area contributed by atoms with Crippen molar-refractivity contribution in [3.63, 3.8) is 0 Å². The van der Waals surface area contributed by atoms with E-state index in [0.717, 1.165) is 122 Å². The van der Waals surface area contributed by atoms with Crippen LogP contribution in [0.25, 0.3) is 261 Å². The fourth-order valence-electron chi connectivity index (χ4n) is 18.9. The van der Waals surface area contributed by atoms with Gasteiger partial charge in [-0.1, -0.05) is 340 Å². The van der Waals surface area contributed by atoms with Gasteiger partial charge in [0.05, 0.1) is 0 Å². The monoisotopic (exact) mass is 1740 g/mol. The smallest absolute Gasteiger partial charge is 0.180 e. The van der Waals surface area contributed by atoms with Gasteiger partial charge in [0.25, 0.3) is 0 Å². The predicted octanol–water partition coefficient (Wildman–Crippen LogP) is 34.2. The van der Waals surface area contributed by atoms with Gasteiger partial charge in [0.1, 0.15) is 69.4 Å². The molecule has 0 N–H and O–H groups in total. The molecule has 0 spiro atoms. The molecule has 12 heteroatoms. The molecule has 27 aromatic rings. The van der Waals surface area contributed by atoms with E-state index >= 15 is 0 Å². The molecule has 0 saturated heterocycles. The second-order valence-electron chi connectivity index (χ2n) is 33.0. The Labute approximate surface area is 769 Å². The SMILES string of the molecule is c1cc(-c2cccc(-c3cccc4c3sc3ccccc34)c2)cc(-c2ncnc3c2oc2ccccc23)c1.c1ccc(-c2ccc(-c3cccc4c3sc3c(-c5cccc(-c6cccc(-c7ncnc8c7oc7ccccc78)c6)c5)cccc34)cc2)cc1.c1ccc(-c2cccc3c2sc2c(-c4cccc(-c5cccc(-c6ncnc7c6oc6ccccc67)c5)c4)cccc23)cc1. The molecule has 0 saturated carbocycles. The molecule has 618 valence electrons. The van der Waals surface area contributed by atoms with E-state index in [1.54, 1.807) is 19.0 Å². The number of nitrogens with zero attached hydrogens (tertiary/aromatic N) is 6. The summed E-state index contributed by atoms with van der Waals surface area (Å²) in [7, 11) is 0. The minimum Gasteiger partial charge on any atom is -0.452 e. The number of fused-ring (bicyclic) bond motifs is 18. The Morgan fingerprint density at radius 3 is 0.758 bits per heavy atom. The van der Waals surface area contributed by atoms with Crippen LogP contribution in [-0.2, 0) is 0 Å². The second kappa shape index (κ2) is 32.8. The van der Waals surface area contributed by atoms with Crippen LogP contribution in [0.15, 0.2) is 451 Å². The third-order valence-electron chi connectivity index (χ3n) is 25.2. The Morgan fingerprint density at radius 1 is 0.159 bits per heavy atom. The van der Waals surface area contributed by atoms with Gasteiger partial charge in [0.2, 0.25) is 0 Å². The zero-order valence-corrected chi connectivity index (χ0v) is 73.2. The number of aromatic nitrogens is 6. The predicted molar refractivity (Wildman–Crippen MR) is 552 cm³/mol. The van der Waals surface area contributed by atoms with Crippen molar-refractivity contribution in [2.75, 3.05) is 0 Å². The summed E-state index contributed by atoms with van der Waals surface area (Å²) in [4.78, 5) is 27.6. The van der Waals surface area contributed by atoms with Gasteiger partial charge in [-0.05, 0) is 179 Å². The van der Waals surface area contributed by atoms with Crippen LogP contribution in [0.5, 0.6) is 0 Å². The molecule has 132 heavy (non-hydrogen) atoms. The number of rotatable bonds is 12. The van der Waals surface area contributed by atoms with Gasteiger partial charge in [-0.25, -0.2) is 29.9 Å². The van der Waals surface area contributed by atoms with Crippen LogP contribution >= 0.6 is 34.0 Å². The van der Waals surface area contributed by atoms with E-state index < -0.39 is 0 Å². The molecule has 0 aliphatic carbocycles. The summed E-state index contributed by atoms with van der Waals surface area (Å²) in [6.45, 7) is 0. The van der Waals surface area contributed by atoms with Crippen LogP contribution in [0.1, 0.15) is 0 Å². The molecule has 9 heterocycles. The summed E-state index contributed by atoms with van der Waals surface area (Å²) in [5.74, 6) is 0. The highest BCUT2D eigenvalue weighted by Gasteiger charge is 2.23. The lowest BCUT2D eigenvalue weighted by Crippen LogP contribution is -1.88. The van der Waals surface area contributed by atoms with Gasteiger partial charge in [-0.2, -0.15) is 0 Å². The number of thiophene rings is 3. The maximum absolute atomic E-state index is 6.26. The molecule has 0 amide bonds. The third-order valence-corrected chi connectivity index (χ3v) is 29.0. The van der Waals surface area contributed by atoms with Crippen molar-refractivity contribution < 1.29 is 13.3 Å². The van der Waals surface area contributed by atoms with Crippen molar-refractivity contribution in [3.8, 4) is 134 Å². The Kier molecular flexibility index (Phi) is 19.3. The number of benzene rings is 18. The standard InChI is InChI=1S/C46H28N2OS.C40H24N2OS.C34H20N2OS/c1-2-10-29(11-3-1)30-22-24-31(25-23-30)36-17-8-19-38-39-20-9-18-37(46(39)50-45(36)38)34-14-6-12-32(26-34)33-13-7-15-35(27-33)42-44-43(48-28-47-42)40-16-4-5-21-41(40)49-44;1-2-10-25(11-3-1)30-17-8-19-32-33-20-9-18-31(40(33)44-39(30)32)28-14-6-12-26(22-28)27-13-7-15-29(23-27)36-38-37(42-24-41-36)34-16-4-5-21-35(34)43-38;1-3-16-29-28(13-1)32-33(37-29)31(35-20-36-32)24-11-6-9-22(19-24)21-8-5-10-23(18-21)25-14-7-15-27-26-12-2-4-17-30(26)38-34(25)27/h1-28H;1-24H;1-20H. The number of hydrogen-bond acceptors (Lipinski definition) is 12.